The summed E-state index contributed by atoms with van der Waals surface area (Å²) in [6, 6.07) is 4.60. The summed E-state index contributed by atoms with van der Waals surface area (Å²) in [6.07, 6.45) is 0.704. The van der Waals surface area contributed by atoms with Gasteiger partial charge >= 0.3 is 6.03 Å². The molecule has 0 unspecified atom stereocenters. The number of barbiturate groups is 1. The molecule has 4 amide bonds. The Hall–Kier alpha value is -1.69. The topological polar surface area (TPSA) is 66.5 Å². The number of hydrogen-bond acceptors (Lipinski definition) is 3. The third-order valence-electron chi connectivity index (χ3n) is 4.16. The van der Waals surface area contributed by atoms with Gasteiger partial charge in [-0.25, -0.2) is 9.69 Å². The Morgan fingerprint density at radius 2 is 1.81 bits per heavy atom. The first-order valence-corrected chi connectivity index (χ1v) is 7.63. The van der Waals surface area contributed by atoms with Gasteiger partial charge in [0.2, 0.25) is 5.91 Å². The van der Waals surface area contributed by atoms with Crippen LogP contribution in [0.25, 0.3) is 0 Å². The molecule has 1 aliphatic rings. The maximum atomic E-state index is 12.8. The number of rotatable bonds is 3. The zero-order valence-corrected chi connectivity index (χ0v) is 13.8. The summed E-state index contributed by atoms with van der Waals surface area (Å²) in [6.45, 7) is 5.38. The van der Waals surface area contributed by atoms with Crippen LogP contribution in [0.5, 0.6) is 0 Å². The van der Waals surface area contributed by atoms with E-state index < -0.39 is 23.3 Å². The van der Waals surface area contributed by atoms with Crippen molar-refractivity contribution in [1.82, 2.24) is 5.32 Å². The summed E-state index contributed by atoms with van der Waals surface area (Å²) in [5.74, 6) is -0.964. The van der Waals surface area contributed by atoms with Crippen LogP contribution in [-0.2, 0) is 9.59 Å². The molecule has 5 nitrogen and oxygen atoms in total. The largest absolute Gasteiger partial charge is 0.335 e. The Bertz CT molecular complexity index is 623. The first-order valence-electron chi connectivity index (χ1n) is 6.84. The fourth-order valence-corrected chi connectivity index (χ4v) is 2.96. The summed E-state index contributed by atoms with van der Waals surface area (Å²) in [5.41, 5.74) is 0.0879. The fourth-order valence-electron chi connectivity index (χ4n) is 2.61. The zero-order chi connectivity index (χ0) is 15.8. The van der Waals surface area contributed by atoms with Crippen molar-refractivity contribution in [2.75, 3.05) is 4.90 Å². The van der Waals surface area contributed by atoms with Crippen LogP contribution in [0.1, 0.15) is 32.3 Å². The number of halogens is 1. The molecule has 0 aromatic heterocycles. The lowest BCUT2D eigenvalue weighted by molar-refractivity contribution is -0.143. The number of carbonyl (C=O) groups is 3. The molecule has 1 N–H and O–H groups in total. The third-order valence-corrected chi connectivity index (χ3v) is 5.02. The maximum absolute atomic E-state index is 12.8. The Morgan fingerprint density at radius 1 is 1.19 bits per heavy atom. The van der Waals surface area contributed by atoms with Gasteiger partial charge in [0.15, 0.2) is 0 Å². The molecule has 6 heteroatoms. The van der Waals surface area contributed by atoms with Gasteiger partial charge in [0, 0.05) is 4.47 Å². The molecule has 2 rings (SSSR count). The van der Waals surface area contributed by atoms with Gasteiger partial charge in [0.25, 0.3) is 5.91 Å². The van der Waals surface area contributed by atoms with Gasteiger partial charge in [-0.15, -0.1) is 0 Å². The lowest BCUT2D eigenvalue weighted by Gasteiger charge is -2.38. The number of nitrogens with zero attached hydrogens (tertiary/aromatic N) is 1. The number of carbonyl (C=O) groups excluding carboxylic acids is 3. The fraction of sp³-hybridized carbons (Fsp3) is 0.400. The maximum Gasteiger partial charge on any atom is 0.335 e. The highest BCUT2D eigenvalue weighted by atomic mass is 79.9. The average Bonchev–Trinajstić information content (AvgIpc) is 2.44. The second kappa shape index (κ2) is 5.60. The number of amides is 4. The van der Waals surface area contributed by atoms with Crippen molar-refractivity contribution < 1.29 is 14.4 Å². The minimum Gasteiger partial charge on any atom is -0.276 e. The molecule has 0 saturated carbocycles. The lowest BCUT2D eigenvalue weighted by atomic mass is 9.78. The van der Waals surface area contributed by atoms with Crippen LogP contribution in [0.15, 0.2) is 22.7 Å². The molecule has 1 saturated heterocycles. The molecule has 0 atom stereocenters. The van der Waals surface area contributed by atoms with Gasteiger partial charge in [-0.2, -0.15) is 0 Å². The van der Waals surface area contributed by atoms with Gasteiger partial charge in [0.1, 0.15) is 5.41 Å². The third kappa shape index (κ3) is 2.27. The Balaban J connectivity index is 2.58. The monoisotopic (exact) mass is 352 g/mol. The van der Waals surface area contributed by atoms with Crippen LogP contribution in [0.2, 0.25) is 0 Å². The number of imide groups is 2. The van der Waals surface area contributed by atoms with Crippen LogP contribution in [-0.4, -0.2) is 17.8 Å². The van der Waals surface area contributed by atoms with E-state index >= 15 is 0 Å². The molecule has 0 spiro atoms. The van der Waals surface area contributed by atoms with E-state index in [9.17, 15) is 14.4 Å². The van der Waals surface area contributed by atoms with E-state index in [1.165, 1.54) is 0 Å². The number of benzene rings is 1. The lowest BCUT2D eigenvalue weighted by Crippen LogP contribution is -2.64. The first kappa shape index (κ1) is 15.7. The molecule has 0 radical (unpaired) electrons. The van der Waals surface area contributed by atoms with Gasteiger partial charge < -0.3 is 0 Å². The van der Waals surface area contributed by atoms with Gasteiger partial charge in [-0.1, -0.05) is 35.8 Å². The van der Waals surface area contributed by atoms with Gasteiger partial charge in [-0.3, -0.25) is 14.9 Å². The van der Waals surface area contributed by atoms with E-state index in [-0.39, 0.29) is 0 Å². The smallest absolute Gasteiger partial charge is 0.276 e. The number of hydrogen-bond donors (Lipinski definition) is 1. The Labute approximate surface area is 131 Å². The standard InChI is InChI=1S/C15H17BrN2O3/c1-4-15(5-2)12(19)17-14(21)18(13(15)20)11-8-6-7-10(16)9(11)3/h6-8H,4-5H2,1-3H3,(H,17,19,21). The SMILES string of the molecule is CCC1(CC)C(=O)NC(=O)N(c2cccc(Br)c2C)C1=O. The zero-order valence-electron chi connectivity index (χ0n) is 12.2. The second-order valence-electron chi connectivity index (χ2n) is 5.07. The highest BCUT2D eigenvalue weighted by Crippen LogP contribution is 2.36. The summed E-state index contributed by atoms with van der Waals surface area (Å²) in [7, 11) is 0. The highest BCUT2D eigenvalue weighted by molar-refractivity contribution is 9.10. The quantitative estimate of drug-likeness (QED) is 0.849. The van der Waals surface area contributed by atoms with Crippen LogP contribution < -0.4 is 10.2 Å². The molecule has 1 aromatic carbocycles. The van der Waals surface area contributed by atoms with Gasteiger partial charge in [-0.05, 0) is 37.5 Å². The van der Waals surface area contributed by atoms with Crippen LogP contribution in [0.3, 0.4) is 0 Å². The molecule has 1 fully saturated rings. The van der Waals surface area contributed by atoms with Crippen molar-refractivity contribution in [2.24, 2.45) is 5.41 Å². The van der Waals surface area contributed by atoms with E-state index in [4.69, 9.17) is 0 Å². The first-order chi connectivity index (χ1) is 9.89. The van der Waals surface area contributed by atoms with E-state index in [0.29, 0.717) is 18.5 Å². The molecule has 1 aliphatic heterocycles. The summed E-state index contributed by atoms with van der Waals surface area (Å²) < 4.78 is 0.802. The number of urea groups is 1. The molecule has 112 valence electrons. The van der Waals surface area contributed by atoms with E-state index in [1.807, 2.05) is 13.0 Å². The van der Waals surface area contributed by atoms with Crippen molar-refractivity contribution >= 4 is 39.5 Å². The molecule has 1 aromatic rings. The van der Waals surface area contributed by atoms with Crippen molar-refractivity contribution in [3.05, 3.63) is 28.2 Å². The van der Waals surface area contributed by atoms with E-state index in [0.717, 1.165) is 14.9 Å². The average molecular weight is 353 g/mol. The molecular weight excluding hydrogens is 336 g/mol. The molecule has 21 heavy (non-hydrogen) atoms. The minimum atomic E-state index is -1.18. The van der Waals surface area contributed by atoms with Crippen molar-refractivity contribution in [3.8, 4) is 0 Å². The summed E-state index contributed by atoms with van der Waals surface area (Å²) in [4.78, 5) is 38.2. The summed E-state index contributed by atoms with van der Waals surface area (Å²) >= 11 is 3.39. The number of anilines is 1. The van der Waals surface area contributed by atoms with Crippen LogP contribution in [0, 0.1) is 12.3 Å². The second-order valence-corrected chi connectivity index (χ2v) is 5.93. The van der Waals surface area contributed by atoms with Crippen molar-refractivity contribution in [2.45, 2.75) is 33.6 Å². The molecular formula is C15H17BrN2O3. The summed E-state index contributed by atoms with van der Waals surface area (Å²) in [5, 5.41) is 2.31. The van der Waals surface area contributed by atoms with E-state index in [2.05, 4.69) is 21.2 Å². The van der Waals surface area contributed by atoms with Crippen LogP contribution >= 0.6 is 15.9 Å². The van der Waals surface area contributed by atoms with E-state index in [1.54, 1.807) is 26.0 Å². The van der Waals surface area contributed by atoms with Crippen molar-refractivity contribution in [1.29, 1.82) is 0 Å². The molecule has 1 heterocycles. The predicted octanol–water partition coefficient (Wildman–Crippen LogP) is 3.15. The minimum absolute atomic E-state index is 0.352. The molecule has 0 bridgehead atoms. The van der Waals surface area contributed by atoms with Gasteiger partial charge in [0.05, 0.1) is 5.69 Å². The van der Waals surface area contributed by atoms with Crippen LogP contribution in [0.4, 0.5) is 10.5 Å². The van der Waals surface area contributed by atoms with Crippen molar-refractivity contribution in [3.63, 3.8) is 0 Å². The Kier molecular flexibility index (Phi) is 4.18. The predicted molar refractivity (Wildman–Crippen MR) is 82.9 cm³/mol. The normalized spacial score (nSPS) is 17.9. The number of nitrogens with one attached hydrogen (secondary N) is 1. The molecule has 0 aliphatic carbocycles. The Morgan fingerprint density at radius 3 is 2.38 bits per heavy atom. The highest BCUT2D eigenvalue weighted by Gasteiger charge is 2.52.